The van der Waals surface area contributed by atoms with E-state index in [1.54, 1.807) is 0 Å². The van der Waals surface area contributed by atoms with Gasteiger partial charge in [0.05, 0.1) is 22.4 Å². The minimum absolute atomic E-state index is 0.302. The minimum atomic E-state index is 0.302. The highest BCUT2D eigenvalue weighted by atomic mass is 32.1. The van der Waals surface area contributed by atoms with Crippen molar-refractivity contribution in [2.45, 2.75) is 63.8 Å². The molecule has 3 heterocycles. The Morgan fingerprint density at radius 2 is 1.92 bits per heavy atom. The molecule has 6 heteroatoms. The molecule has 1 atom stereocenters. The Hall–Kier alpha value is -1.53. The summed E-state index contributed by atoms with van der Waals surface area (Å²) >= 11 is 1.86. The van der Waals surface area contributed by atoms with Crippen LogP contribution in [0.2, 0.25) is 0 Å². The molecule has 0 saturated heterocycles. The zero-order chi connectivity index (χ0) is 16.8. The summed E-state index contributed by atoms with van der Waals surface area (Å²) in [5, 5.41) is 8.48. The molecule has 2 N–H and O–H groups in total. The molecule has 3 aliphatic rings. The molecule has 1 fully saturated rings. The van der Waals surface area contributed by atoms with Crippen LogP contribution in [0.4, 0.5) is 5.82 Å². The normalized spacial score (nSPS) is 22.8. The molecule has 0 aromatic carbocycles. The topological polar surface area (TPSA) is 62.7 Å². The molecule has 0 radical (unpaired) electrons. The Morgan fingerprint density at radius 1 is 1.04 bits per heavy atom. The lowest BCUT2D eigenvalue weighted by atomic mass is 9.97. The first-order valence-corrected chi connectivity index (χ1v) is 10.4. The third kappa shape index (κ3) is 3.06. The lowest BCUT2D eigenvalue weighted by molar-refractivity contribution is 0.589. The van der Waals surface area contributed by atoms with E-state index in [4.69, 9.17) is 15.0 Å². The molecule has 1 saturated carbocycles. The highest BCUT2D eigenvalue weighted by molar-refractivity contribution is 7.11. The first-order valence-electron chi connectivity index (χ1n) is 9.61. The lowest BCUT2D eigenvalue weighted by Gasteiger charge is -2.25. The van der Waals surface area contributed by atoms with Crippen molar-refractivity contribution in [1.82, 2.24) is 20.3 Å². The van der Waals surface area contributed by atoms with Gasteiger partial charge in [-0.3, -0.25) is 0 Å². The molecule has 5 nitrogen and oxygen atoms in total. The molecule has 0 unspecified atom stereocenters. The molecule has 2 aromatic rings. The van der Waals surface area contributed by atoms with Gasteiger partial charge in [0.2, 0.25) is 0 Å². The van der Waals surface area contributed by atoms with E-state index in [9.17, 15) is 0 Å². The summed E-state index contributed by atoms with van der Waals surface area (Å²) in [5.41, 5.74) is 3.85. The van der Waals surface area contributed by atoms with Gasteiger partial charge in [-0.25, -0.2) is 15.0 Å². The molecule has 2 aliphatic carbocycles. The van der Waals surface area contributed by atoms with Crippen LogP contribution in [0, 0.1) is 6.92 Å². The average Bonchev–Trinajstić information content (AvgIpc) is 3.40. The fraction of sp³-hybridized carbons (Fsp3) is 0.632. The van der Waals surface area contributed by atoms with Crippen LogP contribution in [0.1, 0.15) is 70.3 Å². The Morgan fingerprint density at radius 3 is 2.80 bits per heavy atom. The molecule has 5 rings (SSSR count). The Labute approximate surface area is 152 Å². The molecule has 1 aliphatic heterocycles. The predicted octanol–water partition coefficient (Wildman–Crippen LogP) is 3.30. The summed E-state index contributed by atoms with van der Waals surface area (Å²) in [4.78, 5) is 16.2. The summed E-state index contributed by atoms with van der Waals surface area (Å²) in [7, 11) is 0. The van der Waals surface area contributed by atoms with Gasteiger partial charge in [0.25, 0.3) is 0 Å². The van der Waals surface area contributed by atoms with Crippen LogP contribution in [0.3, 0.4) is 0 Å². The van der Waals surface area contributed by atoms with Crippen LogP contribution < -0.4 is 10.6 Å². The molecule has 0 amide bonds. The Balaban J connectivity index is 1.52. The van der Waals surface area contributed by atoms with Gasteiger partial charge in [-0.1, -0.05) is 0 Å². The third-order valence-corrected chi connectivity index (χ3v) is 6.56. The van der Waals surface area contributed by atoms with Crippen molar-refractivity contribution in [3.63, 3.8) is 0 Å². The number of nitrogens with one attached hydrogen (secondary N) is 2. The molecule has 2 aromatic heterocycles. The number of anilines is 1. The smallest absolute Gasteiger partial charge is 0.134 e. The highest BCUT2D eigenvalue weighted by Crippen LogP contribution is 2.40. The fourth-order valence-electron chi connectivity index (χ4n) is 4.05. The second kappa shape index (κ2) is 6.32. The minimum Gasteiger partial charge on any atom is -0.361 e. The SMILES string of the molecule is Cc1nc2c(s1)CCC[C@@H]2Nc1nc(C2CC2)nc2c1CCNCC2. The largest absolute Gasteiger partial charge is 0.361 e. The van der Waals surface area contributed by atoms with E-state index in [0.717, 1.165) is 44.0 Å². The van der Waals surface area contributed by atoms with Crippen molar-refractivity contribution < 1.29 is 0 Å². The second-order valence-electron chi connectivity index (χ2n) is 7.51. The second-order valence-corrected chi connectivity index (χ2v) is 8.80. The molecule has 132 valence electrons. The van der Waals surface area contributed by atoms with Gasteiger partial charge in [0.15, 0.2) is 0 Å². The third-order valence-electron chi connectivity index (χ3n) is 5.52. The van der Waals surface area contributed by atoms with Crippen molar-refractivity contribution in [3.05, 3.63) is 32.7 Å². The monoisotopic (exact) mass is 355 g/mol. The maximum Gasteiger partial charge on any atom is 0.134 e. The van der Waals surface area contributed by atoms with Crippen molar-refractivity contribution >= 4 is 17.2 Å². The molecule has 25 heavy (non-hydrogen) atoms. The highest BCUT2D eigenvalue weighted by Gasteiger charge is 2.30. The molecular formula is C19H25N5S. The predicted molar refractivity (Wildman–Crippen MR) is 100 cm³/mol. The van der Waals surface area contributed by atoms with Gasteiger partial charge < -0.3 is 10.6 Å². The summed E-state index contributed by atoms with van der Waals surface area (Å²) in [5.74, 6) is 2.73. The van der Waals surface area contributed by atoms with Crippen molar-refractivity contribution in [2.75, 3.05) is 18.4 Å². The summed E-state index contributed by atoms with van der Waals surface area (Å²) in [6.45, 7) is 4.15. The average molecular weight is 356 g/mol. The van der Waals surface area contributed by atoms with Gasteiger partial charge in [0, 0.05) is 29.3 Å². The van der Waals surface area contributed by atoms with Gasteiger partial charge in [-0.2, -0.15) is 0 Å². The van der Waals surface area contributed by atoms with E-state index < -0.39 is 0 Å². The Kier molecular flexibility index (Phi) is 3.97. The standard InChI is InChI=1S/C19H25N5S/c1-11-21-17-15(3-2-4-16(17)25-11)23-19-13-7-9-20-10-8-14(13)22-18(24-19)12-5-6-12/h12,15,20H,2-10H2,1H3,(H,22,23,24)/t15-/m0/s1. The number of fused-ring (bicyclic) bond motifs is 2. The molecular weight excluding hydrogens is 330 g/mol. The first-order chi connectivity index (χ1) is 12.3. The number of aryl methyl sites for hydroxylation is 2. The Bertz CT molecular complexity index is 795. The quantitative estimate of drug-likeness (QED) is 0.884. The van der Waals surface area contributed by atoms with Gasteiger partial charge >= 0.3 is 0 Å². The number of aromatic nitrogens is 3. The van der Waals surface area contributed by atoms with E-state index >= 15 is 0 Å². The fourth-order valence-corrected chi connectivity index (χ4v) is 5.09. The van der Waals surface area contributed by atoms with E-state index in [2.05, 4.69) is 17.6 Å². The molecule has 0 bridgehead atoms. The van der Waals surface area contributed by atoms with Crippen molar-refractivity contribution in [2.24, 2.45) is 0 Å². The number of rotatable bonds is 3. The van der Waals surface area contributed by atoms with E-state index in [1.807, 2.05) is 11.3 Å². The maximum absolute atomic E-state index is 4.99. The van der Waals surface area contributed by atoms with E-state index in [1.165, 1.54) is 52.5 Å². The summed E-state index contributed by atoms with van der Waals surface area (Å²) in [6.07, 6.45) is 8.07. The van der Waals surface area contributed by atoms with Crippen molar-refractivity contribution in [3.8, 4) is 0 Å². The van der Waals surface area contributed by atoms with Crippen LogP contribution in [0.5, 0.6) is 0 Å². The van der Waals surface area contributed by atoms with Crippen LogP contribution in [0.15, 0.2) is 0 Å². The maximum atomic E-state index is 4.99. The summed E-state index contributed by atoms with van der Waals surface area (Å²) < 4.78 is 0. The number of nitrogens with zero attached hydrogens (tertiary/aromatic N) is 3. The van der Waals surface area contributed by atoms with Gasteiger partial charge in [0.1, 0.15) is 11.6 Å². The lowest BCUT2D eigenvalue weighted by Crippen LogP contribution is -2.20. The number of hydrogen-bond donors (Lipinski definition) is 2. The van der Waals surface area contributed by atoms with E-state index in [0.29, 0.717) is 12.0 Å². The summed E-state index contributed by atoms with van der Waals surface area (Å²) in [6, 6.07) is 0.302. The zero-order valence-electron chi connectivity index (χ0n) is 14.8. The number of thiazole rings is 1. The van der Waals surface area contributed by atoms with Crippen molar-refractivity contribution in [1.29, 1.82) is 0 Å². The van der Waals surface area contributed by atoms with Crippen LogP contribution in [-0.4, -0.2) is 28.0 Å². The molecule has 0 spiro atoms. The van der Waals surface area contributed by atoms with Gasteiger partial charge in [-0.05, 0) is 52.0 Å². The van der Waals surface area contributed by atoms with Crippen LogP contribution >= 0.6 is 11.3 Å². The van der Waals surface area contributed by atoms with E-state index in [-0.39, 0.29) is 0 Å². The van der Waals surface area contributed by atoms with Crippen LogP contribution in [-0.2, 0) is 19.3 Å². The van der Waals surface area contributed by atoms with Gasteiger partial charge in [-0.15, -0.1) is 11.3 Å². The van der Waals surface area contributed by atoms with Crippen LogP contribution in [0.25, 0.3) is 0 Å². The first kappa shape index (κ1) is 15.7. The zero-order valence-corrected chi connectivity index (χ0v) is 15.6. The number of hydrogen-bond acceptors (Lipinski definition) is 6.